The van der Waals surface area contributed by atoms with E-state index in [-0.39, 0.29) is 10.9 Å². The molecule has 21 heavy (non-hydrogen) atoms. The number of sulfone groups is 1. The van der Waals surface area contributed by atoms with Gasteiger partial charge in [-0.2, -0.15) is 0 Å². The molecule has 1 aromatic rings. The number of hydrogen-bond acceptors (Lipinski definition) is 3. The van der Waals surface area contributed by atoms with Crippen molar-refractivity contribution in [3.05, 3.63) is 24.3 Å². The van der Waals surface area contributed by atoms with E-state index in [1.807, 2.05) is 4.90 Å². The molecule has 1 aliphatic rings. The van der Waals surface area contributed by atoms with E-state index in [0.29, 0.717) is 17.5 Å². The third kappa shape index (κ3) is 4.20. The number of carbonyl (C=O) groups is 1. The second-order valence-corrected chi connectivity index (χ2v) is 8.09. The summed E-state index contributed by atoms with van der Waals surface area (Å²) >= 11 is 0. The minimum atomic E-state index is -3.21. The van der Waals surface area contributed by atoms with Gasteiger partial charge in [0, 0.05) is 25.0 Å². The molecule has 0 unspecified atom stereocenters. The van der Waals surface area contributed by atoms with Gasteiger partial charge in [-0.05, 0) is 42.5 Å². The molecule has 116 valence electrons. The number of hydrogen-bond donors (Lipinski definition) is 1. The summed E-state index contributed by atoms with van der Waals surface area (Å²) in [5.41, 5.74) is 0.610. The zero-order valence-corrected chi connectivity index (χ0v) is 13.5. The van der Waals surface area contributed by atoms with Crippen LogP contribution >= 0.6 is 0 Å². The number of nitrogens with zero attached hydrogens (tertiary/aromatic N) is 1. The van der Waals surface area contributed by atoms with Crippen LogP contribution < -0.4 is 5.32 Å². The zero-order chi connectivity index (χ0) is 15.6. The molecule has 2 rings (SSSR count). The topological polar surface area (TPSA) is 66.5 Å². The summed E-state index contributed by atoms with van der Waals surface area (Å²) in [6, 6.07) is 6.12. The van der Waals surface area contributed by atoms with Gasteiger partial charge in [0.1, 0.15) is 0 Å². The van der Waals surface area contributed by atoms with E-state index in [1.54, 1.807) is 12.1 Å². The lowest BCUT2D eigenvalue weighted by Gasteiger charge is -2.34. The maximum Gasteiger partial charge on any atom is 0.321 e. The van der Waals surface area contributed by atoms with Gasteiger partial charge in [-0.1, -0.05) is 13.8 Å². The highest BCUT2D eigenvalue weighted by atomic mass is 32.2. The van der Waals surface area contributed by atoms with Crippen molar-refractivity contribution in [2.75, 3.05) is 24.7 Å². The Kier molecular flexibility index (Phi) is 4.56. The SMILES string of the molecule is C[C@@H]1C[C@H](C)CN(C(=O)Nc2ccc(S(C)(=O)=O)cc2)C1. The maximum atomic E-state index is 12.2. The van der Waals surface area contributed by atoms with Crippen molar-refractivity contribution in [1.82, 2.24) is 4.90 Å². The van der Waals surface area contributed by atoms with Crippen LogP contribution in [0, 0.1) is 11.8 Å². The maximum absolute atomic E-state index is 12.2. The Labute approximate surface area is 126 Å². The highest BCUT2D eigenvalue weighted by Crippen LogP contribution is 2.22. The highest BCUT2D eigenvalue weighted by Gasteiger charge is 2.25. The van der Waals surface area contributed by atoms with E-state index in [1.165, 1.54) is 12.1 Å². The molecule has 6 heteroatoms. The average molecular weight is 310 g/mol. The molecule has 0 radical (unpaired) electrons. The van der Waals surface area contributed by atoms with Gasteiger partial charge < -0.3 is 10.2 Å². The molecule has 0 spiro atoms. The normalized spacial score (nSPS) is 22.9. The van der Waals surface area contributed by atoms with Gasteiger partial charge in [-0.15, -0.1) is 0 Å². The fraction of sp³-hybridized carbons (Fsp3) is 0.533. The number of nitrogens with one attached hydrogen (secondary N) is 1. The van der Waals surface area contributed by atoms with Crippen molar-refractivity contribution in [1.29, 1.82) is 0 Å². The summed E-state index contributed by atoms with van der Waals surface area (Å²) in [5.74, 6) is 1.01. The predicted molar refractivity (Wildman–Crippen MR) is 83.1 cm³/mol. The Hall–Kier alpha value is -1.56. The van der Waals surface area contributed by atoms with Crippen molar-refractivity contribution >= 4 is 21.6 Å². The Morgan fingerprint density at radius 3 is 2.14 bits per heavy atom. The molecule has 0 aliphatic carbocycles. The van der Waals surface area contributed by atoms with Crippen LogP contribution in [0.4, 0.5) is 10.5 Å². The second-order valence-electron chi connectivity index (χ2n) is 6.08. The number of rotatable bonds is 2. The predicted octanol–water partition coefficient (Wildman–Crippen LogP) is 2.60. The molecule has 0 bridgehead atoms. The standard InChI is InChI=1S/C15H22N2O3S/c1-11-8-12(2)10-17(9-11)15(18)16-13-4-6-14(7-5-13)21(3,19)20/h4-7,11-12H,8-10H2,1-3H3,(H,16,18)/t11-,12+. The minimum Gasteiger partial charge on any atom is -0.324 e. The van der Waals surface area contributed by atoms with Crippen LogP contribution in [0.25, 0.3) is 0 Å². The van der Waals surface area contributed by atoms with Gasteiger partial charge in [0.2, 0.25) is 0 Å². The lowest BCUT2D eigenvalue weighted by Crippen LogP contribution is -2.44. The van der Waals surface area contributed by atoms with Gasteiger partial charge in [0.25, 0.3) is 0 Å². The fourth-order valence-corrected chi connectivity index (χ4v) is 3.45. The quantitative estimate of drug-likeness (QED) is 0.913. The van der Waals surface area contributed by atoms with Crippen LogP contribution in [0.15, 0.2) is 29.2 Å². The van der Waals surface area contributed by atoms with E-state index >= 15 is 0 Å². The van der Waals surface area contributed by atoms with Gasteiger partial charge in [-0.25, -0.2) is 13.2 Å². The molecule has 1 heterocycles. The molecule has 1 aliphatic heterocycles. The number of amides is 2. The molecule has 5 nitrogen and oxygen atoms in total. The number of urea groups is 1. The Morgan fingerprint density at radius 2 is 1.67 bits per heavy atom. The van der Waals surface area contributed by atoms with E-state index in [0.717, 1.165) is 25.8 Å². The van der Waals surface area contributed by atoms with Crippen molar-refractivity contribution in [2.45, 2.75) is 25.2 Å². The van der Waals surface area contributed by atoms with E-state index in [9.17, 15) is 13.2 Å². The third-order valence-corrected chi connectivity index (χ3v) is 4.82. The average Bonchev–Trinajstić information content (AvgIpc) is 2.37. The highest BCUT2D eigenvalue weighted by molar-refractivity contribution is 7.90. The van der Waals surface area contributed by atoms with Gasteiger partial charge in [0.05, 0.1) is 4.90 Å². The molecule has 1 N–H and O–H groups in total. The van der Waals surface area contributed by atoms with Crippen LogP contribution in [0.2, 0.25) is 0 Å². The minimum absolute atomic E-state index is 0.125. The zero-order valence-electron chi connectivity index (χ0n) is 12.7. The first-order valence-corrected chi connectivity index (χ1v) is 9.01. The molecule has 0 aromatic heterocycles. The lowest BCUT2D eigenvalue weighted by atomic mass is 9.92. The molecule has 1 fully saturated rings. The Morgan fingerprint density at radius 1 is 1.14 bits per heavy atom. The van der Waals surface area contributed by atoms with Crippen LogP contribution in [-0.2, 0) is 9.84 Å². The van der Waals surface area contributed by atoms with Crippen molar-refractivity contribution < 1.29 is 13.2 Å². The van der Waals surface area contributed by atoms with Gasteiger partial charge in [0.15, 0.2) is 9.84 Å². The summed E-state index contributed by atoms with van der Waals surface area (Å²) < 4.78 is 22.8. The summed E-state index contributed by atoms with van der Waals surface area (Å²) in [5, 5.41) is 2.82. The first kappa shape index (κ1) is 15.8. The van der Waals surface area contributed by atoms with E-state index in [2.05, 4.69) is 19.2 Å². The number of benzene rings is 1. The lowest BCUT2D eigenvalue weighted by molar-refractivity contribution is 0.156. The molecule has 1 aromatic carbocycles. The monoisotopic (exact) mass is 310 g/mol. The van der Waals surface area contributed by atoms with E-state index < -0.39 is 9.84 Å². The number of anilines is 1. The van der Waals surface area contributed by atoms with Crippen LogP contribution in [0.5, 0.6) is 0 Å². The molecule has 2 atom stereocenters. The largest absolute Gasteiger partial charge is 0.324 e. The molecule has 1 saturated heterocycles. The Balaban J connectivity index is 2.03. The molecular formula is C15H22N2O3S. The van der Waals surface area contributed by atoms with Crippen molar-refractivity contribution in [2.24, 2.45) is 11.8 Å². The van der Waals surface area contributed by atoms with Gasteiger partial charge >= 0.3 is 6.03 Å². The van der Waals surface area contributed by atoms with Crippen LogP contribution in [0.3, 0.4) is 0 Å². The fourth-order valence-electron chi connectivity index (χ4n) is 2.82. The first-order valence-electron chi connectivity index (χ1n) is 7.11. The summed E-state index contributed by atoms with van der Waals surface area (Å²) in [6.07, 6.45) is 2.31. The molecular weight excluding hydrogens is 288 g/mol. The summed E-state index contributed by atoms with van der Waals surface area (Å²) in [4.78, 5) is 14.3. The van der Waals surface area contributed by atoms with Crippen LogP contribution in [-0.4, -0.2) is 38.7 Å². The molecule has 0 saturated carbocycles. The van der Waals surface area contributed by atoms with Crippen molar-refractivity contribution in [3.8, 4) is 0 Å². The van der Waals surface area contributed by atoms with Crippen LogP contribution in [0.1, 0.15) is 20.3 Å². The number of likely N-dealkylation sites (tertiary alicyclic amines) is 1. The second kappa shape index (κ2) is 6.05. The number of carbonyl (C=O) groups excluding carboxylic acids is 1. The smallest absolute Gasteiger partial charge is 0.321 e. The first-order chi connectivity index (χ1) is 9.75. The number of piperidine rings is 1. The summed E-state index contributed by atoms with van der Waals surface area (Å²) in [6.45, 7) is 5.82. The van der Waals surface area contributed by atoms with Gasteiger partial charge in [-0.3, -0.25) is 0 Å². The van der Waals surface area contributed by atoms with E-state index in [4.69, 9.17) is 0 Å². The molecule has 2 amide bonds. The van der Waals surface area contributed by atoms with Crippen molar-refractivity contribution in [3.63, 3.8) is 0 Å². The third-order valence-electron chi connectivity index (χ3n) is 3.69. The summed E-state index contributed by atoms with van der Waals surface area (Å²) in [7, 11) is -3.21. The Bertz CT molecular complexity index is 600.